The average Bonchev–Trinajstić information content (AvgIpc) is 3.05. The number of nitrogens with one attached hydrogen (secondary N) is 1. The lowest BCUT2D eigenvalue weighted by Crippen LogP contribution is -2.02. The van der Waals surface area contributed by atoms with Crippen LogP contribution in [0.25, 0.3) is 0 Å². The molecule has 8 heteroatoms. The average molecular weight is 263 g/mol. The fourth-order valence-corrected chi connectivity index (χ4v) is 1.74. The van der Waals surface area contributed by atoms with Crippen LogP contribution in [0.3, 0.4) is 0 Å². The molecule has 2 aromatic rings. The second-order valence-corrected chi connectivity index (χ2v) is 3.80. The Morgan fingerprint density at radius 2 is 2.16 bits per heavy atom. The summed E-state index contributed by atoms with van der Waals surface area (Å²) in [5, 5.41) is 13.9. The van der Waals surface area contributed by atoms with E-state index >= 15 is 0 Å². The van der Waals surface area contributed by atoms with Crippen molar-refractivity contribution >= 4 is 11.4 Å². The lowest BCUT2D eigenvalue weighted by molar-refractivity contribution is -0.384. The first-order chi connectivity index (χ1) is 9.24. The summed E-state index contributed by atoms with van der Waals surface area (Å²) in [4.78, 5) is 14.3. The van der Waals surface area contributed by atoms with Crippen LogP contribution in [0.15, 0.2) is 29.1 Å². The number of hydrogen-bond donors (Lipinski definition) is 1. The van der Waals surface area contributed by atoms with E-state index in [-0.39, 0.29) is 12.5 Å². The summed E-state index contributed by atoms with van der Waals surface area (Å²) in [5.74, 6) is 1.43. The van der Waals surface area contributed by atoms with Crippen LogP contribution in [0.1, 0.15) is 5.76 Å². The van der Waals surface area contributed by atoms with E-state index in [0.29, 0.717) is 29.5 Å². The van der Waals surface area contributed by atoms with E-state index in [1.807, 2.05) is 0 Å². The minimum absolute atomic E-state index is 0.0675. The molecule has 1 aliphatic rings. The summed E-state index contributed by atoms with van der Waals surface area (Å²) < 4.78 is 15.4. The highest BCUT2D eigenvalue weighted by Gasteiger charge is 2.23. The lowest BCUT2D eigenvalue weighted by atomic mass is 10.2. The zero-order valence-electron chi connectivity index (χ0n) is 9.66. The summed E-state index contributed by atoms with van der Waals surface area (Å²) in [6.45, 7) is 0.360. The van der Waals surface area contributed by atoms with Gasteiger partial charge in [0.2, 0.25) is 6.79 Å². The molecule has 0 amide bonds. The third-order valence-corrected chi connectivity index (χ3v) is 2.62. The van der Waals surface area contributed by atoms with Gasteiger partial charge in [-0.25, -0.2) is 4.98 Å². The molecule has 0 saturated carbocycles. The Kier molecular flexibility index (Phi) is 2.67. The number of nitro benzene ring substituents is 1. The van der Waals surface area contributed by atoms with Gasteiger partial charge in [-0.2, -0.15) is 0 Å². The topological polar surface area (TPSA) is 99.7 Å². The maximum atomic E-state index is 11.0. The number of benzene rings is 1. The van der Waals surface area contributed by atoms with Gasteiger partial charge in [-0.3, -0.25) is 10.1 Å². The zero-order valence-corrected chi connectivity index (χ0v) is 9.66. The Morgan fingerprint density at radius 1 is 1.37 bits per heavy atom. The van der Waals surface area contributed by atoms with Gasteiger partial charge in [0.25, 0.3) is 5.69 Å². The minimum atomic E-state index is -0.481. The number of aromatic nitrogens is 1. The molecule has 1 aliphatic heterocycles. The zero-order chi connectivity index (χ0) is 13.2. The van der Waals surface area contributed by atoms with Crippen molar-refractivity contribution in [1.82, 2.24) is 4.98 Å². The molecule has 0 radical (unpaired) electrons. The molecule has 0 spiro atoms. The van der Waals surface area contributed by atoms with E-state index < -0.39 is 4.92 Å². The molecule has 1 aromatic heterocycles. The number of oxazole rings is 1. The lowest BCUT2D eigenvalue weighted by Gasteiger charge is -2.06. The number of nitro groups is 1. The number of hydrogen-bond acceptors (Lipinski definition) is 7. The quantitative estimate of drug-likeness (QED) is 0.664. The maximum absolute atomic E-state index is 11.0. The molecule has 0 fully saturated rings. The van der Waals surface area contributed by atoms with Crippen LogP contribution in [0.2, 0.25) is 0 Å². The van der Waals surface area contributed by atoms with E-state index in [9.17, 15) is 10.1 Å². The smallest absolute Gasteiger partial charge is 0.296 e. The Morgan fingerprint density at radius 3 is 2.84 bits per heavy atom. The van der Waals surface area contributed by atoms with Gasteiger partial charge >= 0.3 is 0 Å². The maximum Gasteiger partial charge on any atom is 0.296 e. The number of fused-ring (bicyclic) bond motifs is 1. The second-order valence-electron chi connectivity index (χ2n) is 3.80. The molecule has 98 valence electrons. The molecule has 8 nitrogen and oxygen atoms in total. The van der Waals surface area contributed by atoms with E-state index in [0.717, 1.165) is 0 Å². The normalized spacial score (nSPS) is 12.4. The summed E-state index contributed by atoms with van der Waals surface area (Å²) in [5.41, 5.74) is 0.259. The Bertz CT molecular complexity index is 611. The minimum Gasteiger partial charge on any atom is -0.454 e. The number of rotatable bonds is 4. The molecule has 1 aromatic carbocycles. The van der Waals surface area contributed by atoms with E-state index in [2.05, 4.69) is 10.3 Å². The van der Waals surface area contributed by atoms with Crippen molar-refractivity contribution in [2.45, 2.75) is 6.54 Å². The second kappa shape index (κ2) is 4.48. The molecule has 0 saturated heterocycles. The Balaban J connectivity index is 1.88. The third kappa shape index (κ3) is 2.15. The van der Waals surface area contributed by atoms with Gasteiger partial charge in [-0.15, -0.1) is 0 Å². The molecular weight excluding hydrogens is 254 g/mol. The Hall–Kier alpha value is -2.77. The van der Waals surface area contributed by atoms with Crippen LogP contribution in [0.5, 0.6) is 11.5 Å². The third-order valence-electron chi connectivity index (χ3n) is 2.62. The molecule has 0 atom stereocenters. The van der Waals surface area contributed by atoms with E-state index in [4.69, 9.17) is 13.9 Å². The monoisotopic (exact) mass is 263 g/mol. The van der Waals surface area contributed by atoms with Crippen molar-refractivity contribution in [2.24, 2.45) is 0 Å². The van der Waals surface area contributed by atoms with Crippen LogP contribution in [-0.4, -0.2) is 16.7 Å². The van der Waals surface area contributed by atoms with E-state index in [1.54, 1.807) is 0 Å². The van der Waals surface area contributed by atoms with Crippen LogP contribution in [0, 0.1) is 10.1 Å². The van der Waals surface area contributed by atoms with Crippen molar-refractivity contribution in [3.63, 3.8) is 0 Å². The molecular formula is C11H9N3O5. The molecule has 2 heterocycles. The van der Waals surface area contributed by atoms with Crippen LogP contribution < -0.4 is 14.8 Å². The van der Waals surface area contributed by atoms with Crippen LogP contribution in [0.4, 0.5) is 11.4 Å². The van der Waals surface area contributed by atoms with Gasteiger partial charge < -0.3 is 19.2 Å². The van der Waals surface area contributed by atoms with Crippen molar-refractivity contribution in [1.29, 1.82) is 0 Å². The number of nitrogens with zero attached hydrogens (tertiary/aromatic N) is 2. The standard InChI is InChI=1S/C11H9N3O5/c15-14(16)9-2-11-10(18-6-19-11)1-8(9)13-4-7-3-12-5-17-7/h1-3,5,13H,4,6H2. The predicted molar refractivity (Wildman–Crippen MR) is 63.0 cm³/mol. The molecule has 1 N–H and O–H groups in total. The first-order valence-electron chi connectivity index (χ1n) is 5.43. The van der Waals surface area contributed by atoms with Gasteiger partial charge in [0.1, 0.15) is 11.4 Å². The molecule has 19 heavy (non-hydrogen) atoms. The number of ether oxygens (including phenoxy) is 2. The predicted octanol–water partition coefficient (Wildman–Crippen LogP) is 1.92. The van der Waals surface area contributed by atoms with Gasteiger partial charge in [0, 0.05) is 6.07 Å². The highest BCUT2D eigenvalue weighted by atomic mass is 16.7. The number of anilines is 1. The van der Waals surface area contributed by atoms with Crippen molar-refractivity contribution < 1.29 is 18.8 Å². The molecule has 0 unspecified atom stereocenters. The molecule has 0 aliphatic carbocycles. The summed E-state index contributed by atoms with van der Waals surface area (Å²) in [6.07, 6.45) is 2.83. The highest BCUT2D eigenvalue weighted by molar-refractivity contribution is 5.68. The summed E-state index contributed by atoms with van der Waals surface area (Å²) in [7, 11) is 0. The largest absolute Gasteiger partial charge is 0.454 e. The fraction of sp³-hybridized carbons (Fsp3) is 0.182. The SMILES string of the molecule is O=[N+]([O-])c1cc2c(cc1NCc1cnco1)OCO2. The fourth-order valence-electron chi connectivity index (χ4n) is 1.74. The highest BCUT2D eigenvalue weighted by Crippen LogP contribution is 2.40. The van der Waals surface area contributed by atoms with E-state index in [1.165, 1.54) is 24.7 Å². The first kappa shape index (κ1) is 11.3. The van der Waals surface area contributed by atoms with Crippen molar-refractivity contribution in [3.8, 4) is 11.5 Å². The van der Waals surface area contributed by atoms with Gasteiger partial charge in [0.05, 0.1) is 23.7 Å². The summed E-state index contributed by atoms with van der Waals surface area (Å²) >= 11 is 0. The molecule has 3 rings (SSSR count). The van der Waals surface area contributed by atoms with Crippen LogP contribution in [-0.2, 0) is 6.54 Å². The van der Waals surface area contributed by atoms with Gasteiger partial charge in [-0.1, -0.05) is 0 Å². The Labute approximate surface area is 107 Å². The molecule has 0 bridgehead atoms. The summed E-state index contributed by atoms with van der Waals surface area (Å²) in [6, 6.07) is 2.88. The van der Waals surface area contributed by atoms with Gasteiger partial charge in [0.15, 0.2) is 17.9 Å². The van der Waals surface area contributed by atoms with Crippen LogP contribution >= 0.6 is 0 Å². The first-order valence-corrected chi connectivity index (χ1v) is 5.43. The van der Waals surface area contributed by atoms with Crippen molar-refractivity contribution in [3.05, 3.63) is 40.6 Å². The van der Waals surface area contributed by atoms with Crippen molar-refractivity contribution in [2.75, 3.05) is 12.1 Å². The van der Waals surface area contributed by atoms with Gasteiger partial charge in [-0.05, 0) is 0 Å².